The number of nitrogens with one attached hydrogen (secondary N) is 1. The SMILES string of the molecule is CC(C)C1CC(N[C@@H](C)c2cccc(Br)c2)CCO1. The van der Waals surface area contributed by atoms with Crippen molar-refractivity contribution in [2.24, 2.45) is 5.92 Å². The normalized spacial score (nSPS) is 25.5. The Morgan fingerprint density at radius 3 is 2.79 bits per heavy atom. The molecule has 0 aliphatic carbocycles. The summed E-state index contributed by atoms with van der Waals surface area (Å²) in [4.78, 5) is 0. The molecular formula is C16H24BrNO. The van der Waals surface area contributed by atoms with Crippen LogP contribution in [0.15, 0.2) is 28.7 Å². The number of ether oxygens (including phenoxy) is 1. The summed E-state index contributed by atoms with van der Waals surface area (Å²) in [6.07, 6.45) is 2.64. The van der Waals surface area contributed by atoms with Gasteiger partial charge in [0.05, 0.1) is 6.10 Å². The Balaban J connectivity index is 1.93. The molecule has 1 aliphatic heterocycles. The van der Waals surface area contributed by atoms with Crippen LogP contribution in [0.1, 0.15) is 45.2 Å². The Bertz CT molecular complexity index is 407. The van der Waals surface area contributed by atoms with Gasteiger partial charge in [-0.1, -0.05) is 41.9 Å². The quantitative estimate of drug-likeness (QED) is 0.890. The van der Waals surface area contributed by atoms with Gasteiger partial charge in [0.1, 0.15) is 0 Å². The van der Waals surface area contributed by atoms with Crippen molar-refractivity contribution >= 4 is 15.9 Å². The van der Waals surface area contributed by atoms with Gasteiger partial charge in [-0.25, -0.2) is 0 Å². The zero-order chi connectivity index (χ0) is 13.8. The molecular weight excluding hydrogens is 302 g/mol. The summed E-state index contributed by atoms with van der Waals surface area (Å²) in [5, 5.41) is 3.75. The van der Waals surface area contributed by atoms with Crippen molar-refractivity contribution in [3.63, 3.8) is 0 Å². The third-order valence-corrected chi connectivity index (χ3v) is 4.39. The highest BCUT2D eigenvalue weighted by molar-refractivity contribution is 9.10. The largest absolute Gasteiger partial charge is 0.378 e. The van der Waals surface area contributed by atoms with E-state index in [-0.39, 0.29) is 0 Å². The van der Waals surface area contributed by atoms with Gasteiger partial charge in [0.25, 0.3) is 0 Å². The lowest BCUT2D eigenvalue weighted by Crippen LogP contribution is -2.41. The Kier molecular flexibility index (Phi) is 5.43. The van der Waals surface area contributed by atoms with E-state index in [0.717, 1.165) is 23.9 Å². The van der Waals surface area contributed by atoms with E-state index in [4.69, 9.17) is 4.74 Å². The number of rotatable bonds is 4. The molecule has 3 heteroatoms. The fraction of sp³-hybridized carbons (Fsp3) is 0.625. The van der Waals surface area contributed by atoms with E-state index in [9.17, 15) is 0 Å². The van der Waals surface area contributed by atoms with Crippen LogP contribution in [0.5, 0.6) is 0 Å². The fourth-order valence-corrected chi connectivity index (χ4v) is 3.09. The van der Waals surface area contributed by atoms with Gasteiger partial charge >= 0.3 is 0 Å². The van der Waals surface area contributed by atoms with Gasteiger partial charge in [0.15, 0.2) is 0 Å². The molecule has 0 saturated carbocycles. The van der Waals surface area contributed by atoms with E-state index in [1.165, 1.54) is 5.56 Å². The average molecular weight is 326 g/mol. The Labute approximate surface area is 125 Å². The highest BCUT2D eigenvalue weighted by Crippen LogP contribution is 2.24. The molecule has 1 aromatic rings. The molecule has 0 radical (unpaired) electrons. The minimum atomic E-state index is 0.383. The van der Waals surface area contributed by atoms with Crippen LogP contribution in [0.4, 0.5) is 0 Å². The highest BCUT2D eigenvalue weighted by Gasteiger charge is 2.25. The van der Waals surface area contributed by atoms with E-state index in [0.29, 0.717) is 24.1 Å². The monoisotopic (exact) mass is 325 g/mol. The van der Waals surface area contributed by atoms with Crippen molar-refractivity contribution in [2.45, 2.75) is 51.8 Å². The van der Waals surface area contributed by atoms with Crippen LogP contribution >= 0.6 is 15.9 Å². The Morgan fingerprint density at radius 2 is 2.11 bits per heavy atom. The molecule has 0 spiro atoms. The summed E-state index contributed by atoms with van der Waals surface area (Å²) < 4.78 is 6.97. The van der Waals surface area contributed by atoms with Gasteiger partial charge in [0.2, 0.25) is 0 Å². The van der Waals surface area contributed by atoms with Gasteiger partial charge in [-0.2, -0.15) is 0 Å². The van der Waals surface area contributed by atoms with Crippen LogP contribution in [-0.4, -0.2) is 18.8 Å². The minimum Gasteiger partial charge on any atom is -0.378 e. The molecule has 2 nitrogen and oxygen atoms in total. The van der Waals surface area contributed by atoms with Crippen molar-refractivity contribution < 1.29 is 4.74 Å². The van der Waals surface area contributed by atoms with Crippen LogP contribution < -0.4 is 5.32 Å². The summed E-state index contributed by atoms with van der Waals surface area (Å²) in [6, 6.07) is 9.49. The molecule has 0 aromatic heterocycles. The number of benzene rings is 1. The zero-order valence-electron chi connectivity index (χ0n) is 12.0. The van der Waals surface area contributed by atoms with Crippen LogP contribution in [-0.2, 0) is 4.74 Å². The predicted octanol–water partition coefficient (Wildman–Crippen LogP) is 4.30. The van der Waals surface area contributed by atoms with Crippen molar-refractivity contribution in [3.8, 4) is 0 Å². The van der Waals surface area contributed by atoms with Crippen LogP contribution in [0, 0.1) is 5.92 Å². The van der Waals surface area contributed by atoms with E-state index < -0.39 is 0 Å². The van der Waals surface area contributed by atoms with Gasteiger partial charge < -0.3 is 10.1 Å². The van der Waals surface area contributed by atoms with Crippen LogP contribution in [0.3, 0.4) is 0 Å². The van der Waals surface area contributed by atoms with Gasteiger partial charge in [0, 0.05) is 23.2 Å². The maximum atomic E-state index is 5.83. The number of halogens is 1. The molecule has 1 heterocycles. The second-order valence-electron chi connectivity index (χ2n) is 5.82. The van der Waals surface area contributed by atoms with Crippen molar-refractivity contribution in [2.75, 3.05) is 6.61 Å². The van der Waals surface area contributed by atoms with Crippen molar-refractivity contribution in [1.29, 1.82) is 0 Å². The summed E-state index contributed by atoms with van der Waals surface area (Å²) >= 11 is 3.54. The van der Waals surface area contributed by atoms with Gasteiger partial charge in [-0.05, 0) is 43.4 Å². The molecule has 106 valence electrons. The second-order valence-corrected chi connectivity index (χ2v) is 6.73. The average Bonchev–Trinajstić information content (AvgIpc) is 2.39. The first-order chi connectivity index (χ1) is 9.06. The minimum absolute atomic E-state index is 0.383. The lowest BCUT2D eigenvalue weighted by Gasteiger charge is -2.34. The molecule has 2 unspecified atom stereocenters. The summed E-state index contributed by atoms with van der Waals surface area (Å²) in [7, 11) is 0. The maximum Gasteiger partial charge on any atom is 0.0612 e. The standard InChI is InChI=1S/C16H24BrNO/c1-11(2)16-10-15(7-8-19-16)18-12(3)13-5-4-6-14(17)9-13/h4-6,9,11-12,15-16,18H,7-8,10H2,1-3H3/t12-,15?,16?/m0/s1. The Morgan fingerprint density at radius 1 is 1.32 bits per heavy atom. The first-order valence-corrected chi connectivity index (χ1v) is 7.98. The predicted molar refractivity (Wildman–Crippen MR) is 83.3 cm³/mol. The van der Waals surface area contributed by atoms with Crippen molar-refractivity contribution in [3.05, 3.63) is 34.3 Å². The fourth-order valence-electron chi connectivity index (χ4n) is 2.67. The molecule has 0 bridgehead atoms. The second kappa shape index (κ2) is 6.87. The lowest BCUT2D eigenvalue weighted by molar-refractivity contribution is -0.0257. The van der Waals surface area contributed by atoms with Crippen LogP contribution in [0.25, 0.3) is 0 Å². The molecule has 0 amide bonds. The first-order valence-electron chi connectivity index (χ1n) is 7.19. The zero-order valence-corrected chi connectivity index (χ0v) is 13.6. The summed E-state index contributed by atoms with van der Waals surface area (Å²) in [6.45, 7) is 7.60. The summed E-state index contributed by atoms with van der Waals surface area (Å²) in [5.41, 5.74) is 1.34. The van der Waals surface area contributed by atoms with E-state index in [1.54, 1.807) is 0 Å². The van der Waals surface area contributed by atoms with E-state index in [1.807, 2.05) is 0 Å². The topological polar surface area (TPSA) is 21.3 Å². The lowest BCUT2D eigenvalue weighted by atomic mass is 9.94. The maximum absolute atomic E-state index is 5.83. The molecule has 1 aromatic carbocycles. The number of hydrogen-bond acceptors (Lipinski definition) is 2. The molecule has 1 saturated heterocycles. The molecule has 19 heavy (non-hydrogen) atoms. The first kappa shape index (κ1) is 15.0. The van der Waals surface area contributed by atoms with Gasteiger partial charge in [-0.15, -0.1) is 0 Å². The molecule has 1 fully saturated rings. The number of hydrogen-bond donors (Lipinski definition) is 1. The van der Waals surface area contributed by atoms with E-state index >= 15 is 0 Å². The molecule has 3 atom stereocenters. The van der Waals surface area contributed by atoms with Crippen LogP contribution in [0.2, 0.25) is 0 Å². The molecule has 2 rings (SSSR count). The van der Waals surface area contributed by atoms with Gasteiger partial charge in [-0.3, -0.25) is 0 Å². The van der Waals surface area contributed by atoms with E-state index in [2.05, 4.69) is 66.3 Å². The highest BCUT2D eigenvalue weighted by atomic mass is 79.9. The summed E-state index contributed by atoms with van der Waals surface area (Å²) in [5.74, 6) is 0.603. The third kappa shape index (κ3) is 4.30. The smallest absolute Gasteiger partial charge is 0.0612 e. The molecule has 1 N–H and O–H groups in total. The Hall–Kier alpha value is -0.380. The third-order valence-electron chi connectivity index (χ3n) is 3.89. The molecule has 1 aliphatic rings. The van der Waals surface area contributed by atoms with Crippen molar-refractivity contribution in [1.82, 2.24) is 5.32 Å².